The first-order valence-corrected chi connectivity index (χ1v) is 10.2. The van der Waals surface area contributed by atoms with Gasteiger partial charge in [-0.05, 0) is 37.5 Å². The Morgan fingerprint density at radius 1 is 1.18 bits per heavy atom. The number of nitrogens with zero attached hydrogens (tertiary/aromatic N) is 3. The van der Waals surface area contributed by atoms with Gasteiger partial charge >= 0.3 is 5.97 Å². The van der Waals surface area contributed by atoms with E-state index in [9.17, 15) is 4.79 Å². The van der Waals surface area contributed by atoms with Crippen LogP contribution in [0.4, 0.5) is 5.69 Å². The van der Waals surface area contributed by atoms with Gasteiger partial charge in [-0.15, -0.1) is 0 Å². The van der Waals surface area contributed by atoms with Crippen molar-refractivity contribution >= 4 is 17.6 Å². The minimum atomic E-state index is -0.0644. The van der Waals surface area contributed by atoms with E-state index in [1.54, 1.807) is 7.05 Å². The van der Waals surface area contributed by atoms with Gasteiger partial charge in [0, 0.05) is 45.5 Å². The molecule has 0 bridgehead atoms. The first-order chi connectivity index (χ1) is 13.7. The van der Waals surface area contributed by atoms with Crippen molar-refractivity contribution in [2.45, 2.75) is 26.3 Å². The number of nitrogens with one attached hydrogen (secondary N) is 1. The Labute approximate surface area is 167 Å². The summed E-state index contributed by atoms with van der Waals surface area (Å²) in [7, 11) is 1.81. The highest BCUT2D eigenvalue weighted by Crippen LogP contribution is 2.19. The Morgan fingerprint density at radius 3 is 2.46 bits per heavy atom. The van der Waals surface area contributed by atoms with Crippen molar-refractivity contribution in [2.75, 3.05) is 57.9 Å². The molecule has 0 radical (unpaired) electrons. The average Bonchev–Trinajstić information content (AvgIpc) is 2.76. The summed E-state index contributed by atoms with van der Waals surface area (Å²) in [6.45, 7) is 8.17. The van der Waals surface area contributed by atoms with Crippen LogP contribution in [0.2, 0.25) is 0 Å². The number of anilines is 1. The number of ether oxygens (including phenoxy) is 2. The Morgan fingerprint density at radius 2 is 1.86 bits per heavy atom. The molecule has 28 heavy (non-hydrogen) atoms. The predicted molar refractivity (Wildman–Crippen MR) is 111 cm³/mol. The maximum absolute atomic E-state index is 11.9. The second-order valence-electron chi connectivity index (χ2n) is 7.18. The second kappa shape index (κ2) is 10.3. The lowest BCUT2D eigenvalue weighted by atomic mass is 9.97. The number of likely N-dealkylation sites (tertiary alicyclic amines) is 1. The molecule has 0 spiro atoms. The zero-order valence-electron chi connectivity index (χ0n) is 17.0. The van der Waals surface area contributed by atoms with Crippen LogP contribution in [-0.2, 0) is 20.8 Å². The van der Waals surface area contributed by atoms with Gasteiger partial charge in [-0.2, -0.15) is 0 Å². The largest absolute Gasteiger partial charge is 0.466 e. The van der Waals surface area contributed by atoms with E-state index in [0.717, 1.165) is 64.7 Å². The average molecular weight is 389 g/mol. The normalized spacial score (nSPS) is 18.9. The maximum Gasteiger partial charge on any atom is 0.309 e. The lowest BCUT2D eigenvalue weighted by Crippen LogP contribution is -2.46. The van der Waals surface area contributed by atoms with Crippen LogP contribution in [0, 0.1) is 5.92 Å². The standard InChI is InChI=1S/C21H32N4O3/c1-3-28-20(26)18-8-10-25(11-9-18)21(22-2)23-16-17-4-6-19(7-5-17)24-12-14-27-15-13-24/h4-7,18H,3,8-16H2,1-2H3,(H,22,23). The number of rotatable bonds is 5. The van der Waals surface area contributed by atoms with Gasteiger partial charge in [-0.25, -0.2) is 0 Å². The molecule has 1 aromatic carbocycles. The fourth-order valence-corrected chi connectivity index (χ4v) is 3.75. The highest BCUT2D eigenvalue weighted by atomic mass is 16.5. The summed E-state index contributed by atoms with van der Waals surface area (Å²) in [5.74, 6) is 0.840. The Kier molecular flexibility index (Phi) is 7.54. The SMILES string of the molecule is CCOC(=O)C1CCN(C(=NC)NCc2ccc(N3CCOCC3)cc2)CC1. The van der Waals surface area contributed by atoms with E-state index in [1.807, 2.05) is 6.92 Å². The van der Waals surface area contributed by atoms with Gasteiger partial charge in [0.1, 0.15) is 0 Å². The van der Waals surface area contributed by atoms with Crippen LogP contribution in [0.15, 0.2) is 29.3 Å². The van der Waals surface area contributed by atoms with E-state index in [0.29, 0.717) is 6.61 Å². The molecule has 154 valence electrons. The first-order valence-electron chi connectivity index (χ1n) is 10.2. The number of morpholine rings is 1. The first kappa shape index (κ1) is 20.5. The smallest absolute Gasteiger partial charge is 0.309 e. The fourth-order valence-electron chi connectivity index (χ4n) is 3.75. The van der Waals surface area contributed by atoms with Crippen LogP contribution in [0.1, 0.15) is 25.3 Å². The summed E-state index contributed by atoms with van der Waals surface area (Å²) in [4.78, 5) is 20.9. The topological polar surface area (TPSA) is 66.4 Å². The van der Waals surface area contributed by atoms with Gasteiger partial charge in [0.2, 0.25) is 0 Å². The minimum absolute atomic E-state index is 0.0158. The molecule has 0 amide bonds. The van der Waals surface area contributed by atoms with E-state index >= 15 is 0 Å². The van der Waals surface area contributed by atoms with Crippen molar-refractivity contribution < 1.29 is 14.3 Å². The Balaban J connectivity index is 1.47. The maximum atomic E-state index is 11.9. The number of hydrogen-bond acceptors (Lipinski definition) is 5. The molecule has 2 heterocycles. The van der Waals surface area contributed by atoms with E-state index < -0.39 is 0 Å². The van der Waals surface area contributed by atoms with Crippen LogP contribution in [-0.4, -0.2) is 69.9 Å². The third kappa shape index (κ3) is 5.38. The Bertz CT molecular complexity index is 648. The number of carbonyl (C=O) groups is 1. The molecule has 2 fully saturated rings. The number of aliphatic imine (C=N–C) groups is 1. The predicted octanol–water partition coefficient (Wildman–Crippen LogP) is 1.87. The van der Waals surface area contributed by atoms with E-state index in [4.69, 9.17) is 9.47 Å². The molecule has 0 unspecified atom stereocenters. The monoisotopic (exact) mass is 388 g/mol. The molecule has 3 rings (SSSR count). The molecule has 7 heteroatoms. The highest BCUT2D eigenvalue weighted by Gasteiger charge is 2.27. The lowest BCUT2D eigenvalue weighted by Gasteiger charge is -2.33. The van der Waals surface area contributed by atoms with Crippen LogP contribution >= 0.6 is 0 Å². The van der Waals surface area contributed by atoms with Crippen molar-refractivity contribution in [1.82, 2.24) is 10.2 Å². The van der Waals surface area contributed by atoms with Gasteiger partial charge < -0.3 is 24.6 Å². The molecule has 2 aliphatic heterocycles. The molecule has 2 aliphatic rings. The molecule has 0 aromatic heterocycles. The van der Waals surface area contributed by atoms with E-state index in [-0.39, 0.29) is 11.9 Å². The van der Waals surface area contributed by atoms with Crippen LogP contribution in [0.3, 0.4) is 0 Å². The molecule has 0 atom stereocenters. The number of benzene rings is 1. The van der Waals surface area contributed by atoms with Gasteiger partial charge in [-0.3, -0.25) is 9.79 Å². The van der Waals surface area contributed by atoms with Crippen LogP contribution < -0.4 is 10.2 Å². The minimum Gasteiger partial charge on any atom is -0.466 e. The molecule has 0 aliphatic carbocycles. The van der Waals surface area contributed by atoms with Gasteiger partial charge in [0.15, 0.2) is 5.96 Å². The highest BCUT2D eigenvalue weighted by molar-refractivity contribution is 5.80. The third-order valence-electron chi connectivity index (χ3n) is 5.39. The molecule has 1 aromatic rings. The molecule has 0 saturated carbocycles. The summed E-state index contributed by atoms with van der Waals surface area (Å²) in [5, 5.41) is 3.45. The van der Waals surface area contributed by atoms with Crippen molar-refractivity contribution in [1.29, 1.82) is 0 Å². The lowest BCUT2D eigenvalue weighted by molar-refractivity contribution is -0.149. The summed E-state index contributed by atoms with van der Waals surface area (Å²) < 4.78 is 10.6. The summed E-state index contributed by atoms with van der Waals surface area (Å²) in [5.41, 5.74) is 2.47. The summed E-state index contributed by atoms with van der Waals surface area (Å²) >= 11 is 0. The van der Waals surface area contributed by atoms with Gasteiger partial charge in [-0.1, -0.05) is 12.1 Å². The zero-order chi connectivity index (χ0) is 19.8. The second-order valence-corrected chi connectivity index (χ2v) is 7.18. The summed E-state index contributed by atoms with van der Waals surface area (Å²) in [6.07, 6.45) is 1.63. The van der Waals surface area contributed by atoms with Crippen molar-refractivity contribution in [3.8, 4) is 0 Å². The number of guanidine groups is 1. The number of piperidine rings is 1. The molecular weight excluding hydrogens is 356 g/mol. The Hall–Kier alpha value is -2.28. The van der Waals surface area contributed by atoms with E-state index in [1.165, 1.54) is 11.3 Å². The fraction of sp³-hybridized carbons (Fsp3) is 0.619. The van der Waals surface area contributed by atoms with Crippen LogP contribution in [0.5, 0.6) is 0 Å². The third-order valence-corrected chi connectivity index (χ3v) is 5.39. The van der Waals surface area contributed by atoms with Crippen molar-refractivity contribution in [3.05, 3.63) is 29.8 Å². The molecule has 1 N–H and O–H groups in total. The van der Waals surface area contributed by atoms with Crippen LogP contribution in [0.25, 0.3) is 0 Å². The van der Waals surface area contributed by atoms with E-state index in [2.05, 4.69) is 44.4 Å². The van der Waals surface area contributed by atoms with Crippen molar-refractivity contribution in [3.63, 3.8) is 0 Å². The number of hydrogen-bond donors (Lipinski definition) is 1. The summed E-state index contributed by atoms with van der Waals surface area (Å²) in [6, 6.07) is 8.68. The molecular formula is C21H32N4O3. The number of esters is 1. The quantitative estimate of drug-likeness (QED) is 0.472. The van der Waals surface area contributed by atoms with Crippen molar-refractivity contribution in [2.24, 2.45) is 10.9 Å². The van der Waals surface area contributed by atoms with Gasteiger partial charge in [0.25, 0.3) is 0 Å². The zero-order valence-corrected chi connectivity index (χ0v) is 17.0. The number of carbonyl (C=O) groups excluding carboxylic acids is 1. The van der Waals surface area contributed by atoms with Gasteiger partial charge in [0.05, 0.1) is 25.7 Å². The molecule has 2 saturated heterocycles. The molecule has 7 nitrogen and oxygen atoms in total.